The third-order valence-electron chi connectivity index (χ3n) is 5.22. The molecule has 1 saturated heterocycles. The zero-order valence-electron chi connectivity index (χ0n) is 20.4. The number of hydrogen-bond donors (Lipinski definition) is 1. The van der Waals surface area contributed by atoms with E-state index < -0.39 is 17.8 Å². The molecule has 4 amide bonds. The fourth-order valence-corrected chi connectivity index (χ4v) is 3.40. The van der Waals surface area contributed by atoms with E-state index in [1.165, 1.54) is 26.4 Å². The molecule has 1 aliphatic rings. The van der Waals surface area contributed by atoms with Gasteiger partial charge in [0.15, 0.2) is 23.0 Å². The predicted molar refractivity (Wildman–Crippen MR) is 131 cm³/mol. The first-order chi connectivity index (χ1) is 16.9. The summed E-state index contributed by atoms with van der Waals surface area (Å²) in [4.78, 5) is 39.3. The zero-order chi connectivity index (χ0) is 25.4. The van der Waals surface area contributed by atoms with E-state index in [0.717, 1.165) is 24.2 Å². The van der Waals surface area contributed by atoms with Gasteiger partial charge in [-0.05, 0) is 48.7 Å². The van der Waals surface area contributed by atoms with Crippen molar-refractivity contribution in [1.29, 1.82) is 0 Å². The number of nitrogens with one attached hydrogen (secondary N) is 1. The molecular formula is C26H30N2O7. The average molecular weight is 483 g/mol. The van der Waals surface area contributed by atoms with E-state index in [9.17, 15) is 14.4 Å². The number of barbiturate groups is 1. The number of hydrogen-bond acceptors (Lipinski definition) is 7. The van der Waals surface area contributed by atoms with Gasteiger partial charge in [0.1, 0.15) is 5.57 Å². The maximum absolute atomic E-state index is 13.3. The van der Waals surface area contributed by atoms with Gasteiger partial charge in [-0.2, -0.15) is 0 Å². The minimum absolute atomic E-state index is 0.198. The summed E-state index contributed by atoms with van der Waals surface area (Å²) in [6.45, 7) is 5.09. The number of unbranched alkanes of at least 4 members (excludes halogenated alkanes) is 1. The van der Waals surface area contributed by atoms with Gasteiger partial charge in [-0.25, -0.2) is 9.69 Å². The molecule has 1 fully saturated rings. The van der Waals surface area contributed by atoms with Gasteiger partial charge in [-0.1, -0.05) is 26.3 Å². The first-order valence-corrected chi connectivity index (χ1v) is 11.5. The molecule has 9 nitrogen and oxygen atoms in total. The van der Waals surface area contributed by atoms with Gasteiger partial charge in [-0.15, -0.1) is 0 Å². The van der Waals surface area contributed by atoms with Crippen LogP contribution in [0, 0.1) is 0 Å². The summed E-state index contributed by atoms with van der Waals surface area (Å²) in [6.07, 6.45) is 4.12. The second-order valence-corrected chi connectivity index (χ2v) is 7.75. The van der Waals surface area contributed by atoms with Gasteiger partial charge in [0.25, 0.3) is 11.8 Å². The smallest absolute Gasteiger partial charge is 0.335 e. The largest absolute Gasteiger partial charge is 0.493 e. The van der Waals surface area contributed by atoms with Crippen LogP contribution in [0.4, 0.5) is 10.5 Å². The third-order valence-corrected chi connectivity index (χ3v) is 5.22. The van der Waals surface area contributed by atoms with E-state index in [4.69, 9.17) is 18.9 Å². The van der Waals surface area contributed by atoms with Crippen LogP contribution in [0.3, 0.4) is 0 Å². The summed E-state index contributed by atoms with van der Waals surface area (Å²) in [5, 5.41) is 2.22. The van der Waals surface area contributed by atoms with Gasteiger partial charge >= 0.3 is 6.03 Å². The summed E-state index contributed by atoms with van der Waals surface area (Å²) < 4.78 is 22.1. The number of benzene rings is 2. The van der Waals surface area contributed by atoms with Crippen LogP contribution in [0.1, 0.15) is 38.7 Å². The van der Waals surface area contributed by atoms with Crippen molar-refractivity contribution in [2.24, 2.45) is 0 Å². The lowest BCUT2D eigenvalue weighted by molar-refractivity contribution is -0.122. The standard InChI is InChI=1S/C26H30N2O7/c1-5-7-13-35-20-10-8-17(15-22(20)32-3)14-19-24(29)27-26(31)28(25(19)30)18-9-11-21(34-12-6-2)23(16-18)33-4/h8-11,14-16H,5-7,12-13H2,1-4H3,(H,27,29,31). The van der Waals surface area contributed by atoms with Crippen LogP contribution in [0.15, 0.2) is 42.0 Å². The molecular weight excluding hydrogens is 452 g/mol. The summed E-state index contributed by atoms with van der Waals surface area (Å²) in [5.41, 5.74) is 0.582. The molecule has 0 aliphatic carbocycles. The highest BCUT2D eigenvalue weighted by atomic mass is 16.5. The molecule has 2 aromatic rings. The first-order valence-electron chi connectivity index (χ1n) is 11.5. The highest BCUT2D eigenvalue weighted by molar-refractivity contribution is 6.39. The Balaban J connectivity index is 1.91. The molecule has 1 N–H and O–H groups in total. The van der Waals surface area contributed by atoms with Gasteiger partial charge in [-0.3, -0.25) is 14.9 Å². The van der Waals surface area contributed by atoms with Crippen LogP contribution in [0.2, 0.25) is 0 Å². The van der Waals surface area contributed by atoms with Gasteiger partial charge < -0.3 is 18.9 Å². The van der Waals surface area contributed by atoms with E-state index in [2.05, 4.69) is 12.2 Å². The van der Waals surface area contributed by atoms with Crippen molar-refractivity contribution in [2.75, 3.05) is 32.3 Å². The van der Waals surface area contributed by atoms with Crippen LogP contribution in [-0.2, 0) is 9.59 Å². The number of ether oxygens (including phenoxy) is 4. The van der Waals surface area contributed by atoms with Crippen LogP contribution < -0.4 is 29.2 Å². The lowest BCUT2D eigenvalue weighted by Crippen LogP contribution is -2.54. The fraction of sp³-hybridized carbons (Fsp3) is 0.346. The molecule has 3 rings (SSSR count). The number of rotatable bonds is 11. The lowest BCUT2D eigenvalue weighted by atomic mass is 10.1. The van der Waals surface area contributed by atoms with E-state index in [1.54, 1.807) is 30.3 Å². The summed E-state index contributed by atoms with van der Waals surface area (Å²) in [7, 11) is 2.98. The maximum Gasteiger partial charge on any atom is 0.335 e. The van der Waals surface area contributed by atoms with Crippen molar-refractivity contribution < 1.29 is 33.3 Å². The molecule has 0 unspecified atom stereocenters. The molecule has 0 atom stereocenters. The van der Waals surface area contributed by atoms with Crippen LogP contribution in [0.25, 0.3) is 6.08 Å². The minimum Gasteiger partial charge on any atom is -0.493 e. The maximum atomic E-state index is 13.3. The minimum atomic E-state index is -0.848. The molecule has 186 valence electrons. The summed E-state index contributed by atoms with van der Waals surface area (Å²) in [5.74, 6) is 0.348. The van der Waals surface area contributed by atoms with Gasteiger partial charge in [0, 0.05) is 6.07 Å². The lowest BCUT2D eigenvalue weighted by Gasteiger charge is -2.27. The number of anilines is 1. The number of amides is 4. The molecule has 2 aromatic carbocycles. The first kappa shape index (κ1) is 25.6. The predicted octanol–water partition coefficient (Wildman–Crippen LogP) is 4.34. The SMILES string of the molecule is CCCCOc1ccc(C=C2C(=O)NC(=O)N(c3ccc(OCCC)c(OC)c3)C2=O)cc1OC. The Kier molecular flexibility index (Phi) is 8.72. The Labute approximate surface area is 204 Å². The second-order valence-electron chi connectivity index (χ2n) is 7.75. The van der Waals surface area contributed by atoms with Crippen LogP contribution in [0.5, 0.6) is 23.0 Å². The Hall–Kier alpha value is -4.01. The molecule has 0 saturated carbocycles. The average Bonchev–Trinajstić information content (AvgIpc) is 2.86. The number of carbonyl (C=O) groups excluding carboxylic acids is 3. The molecule has 1 aliphatic heterocycles. The second kappa shape index (κ2) is 11.9. The topological polar surface area (TPSA) is 103 Å². The summed E-state index contributed by atoms with van der Waals surface area (Å²) in [6, 6.07) is 8.94. The summed E-state index contributed by atoms with van der Waals surface area (Å²) >= 11 is 0. The van der Waals surface area contributed by atoms with E-state index >= 15 is 0 Å². The molecule has 35 heavy (non-hydrogen) atoms. The molecule has 0 radical (unpaired) electrons. The van der Waals surface area contributed by atoms with E-state index in [-0.39, 0.29) is 11.3 Å². The highest BCUT2D eigenvalue weighted by Gasteiger charge is 2.37. The fourth-order valence-electron chi connectivity index (χ4n) is 3.40. The Morgan fingerprint density at radius 2 is 1.49 bits per heavy atom. The Bertz CT molecular complexity index is 1130. The van der Waals surface area contributed by atoms with Gasteiger partial charge in [0.05, 0.1) is 33.1 Å². The Morgan fingerprint density at radius 3 is 2.14 bits per heavy atom. The van der Waals surface area contributed by atoms with Crippen LogP contribution in [-0.4, -0.2) is 45.3 Å². The van der Waals surface area contributed by atoms with Crippen molar-refractivity contribution in [3.63, 3.8) is 0 Å². The zero-order valence-corrected chi connectivity index (χ0v) is 20.4. The molecule has 0 aromatic heterocycles. The highest BCUT2D eigenvalue weighted by Crippen LogP contribution is 2.34. The molecule has 0 spiro atoms. The number of carbonyl (C=O) groups is 3. The molecule has 0 bridgehead atoms. The third kappa shape index (κ3) is 5.92. The quantitative estimate of drug-likeness (QED) is 0.289. The van der Waals surface area contributed by atoms with Crippen molar-refractivity contribution in [3.8, 4) is 23.0 Å². The van der Waals surface area contributed by atoms with Crippen LogP contribution >= 0.6 is 0 Å². The van der Waals surface area contributed by atoms with Gasteiger partial charge in [0.2, 0.25) is 0 Å². The van der Waals surface area contributed by atoms with Crippen molar-refractivity contribution in [2.45, 2.75) is 33.1 Å². The van der Waals surface area contributed by atoms with E-state index in [0.29, 0.717) is 41.8 Å². The normalized spacial score (nSPS) is 14.7. The van der Waals surface area contributed by atoms with Crippen molar-refractivity contribution >= 4 is 29.6 Å². The van der Waals surface area contributed by atoms with E-state index in [1.807, 2.05) is 6.92 Å². The number of nitrogens with zero attached hydrogens (tertiary/aromatic N) is 1. The number of imide groups is 2. The monoisotopic (exact) mass is 482 g/mol. The number of urea groups is 1. The molecule has 9 heteroatoms. The van der Waals surface area contributed by atoms with Crippen molar-refractivity contribution in [3.05, 3.63) is 47.5 Å². The van der Waals surface area contributed by atoms with Crippen molar-refractivity contribution in [1.82, 2.24) is 5.32 Å². The Morgan fingerprint density at radius 1 is 0.829 bits per heavy atom. The number of methoxy groups -OCH3 is 2. The molecule has 1 heterocycles.